The van der Waals surface area contributed by atoms with Crippen LogP contribution in [0.1, 0.15) is 27.0 Å². The first kappa shape index (κ1) is 30.0. The Balaban J connectivity index is 1.59. The number of aliphatic hydroxyl groups is 1. The van der Waals surface area contributed by atoms with Crippen molar-refractivity contribution in [2.45, 2.75) is 57.3 Å². The summed E-state index contributed by atoms with van der Waals surface area (Å²) in [6, 6.07) is 12.7. The van der Waals surface area contributed by atoms with E-state index < -0.39 is 61.4 Å². The summed E-state index contributed by atoms with van der Waals surface area (Å²) >= 11 is 5.69. The molecule has 1 saturated heterocycles. The summed E-state index contributed by atoms with van der Waals surface area (Å²) in [6.45, 7) is 0.517. The molecule has 11 nitrogen and oxygen atoms in total. The number of halogens is 2. The van der Waals surface area contributed by atoms with Gasteiger partial charge in [0, 0.05) is 11.6 Å². The van der Waals surface area contributed by atoms with E-state index in [1.807, 2.05) is 18.2 Å². The maximum atomic E-state index is 15.0. The van der Waals surface area contributed by atoms with Crippen LogP contribution in [0.25, 0.3) is 10.8 Å². The number of hydrogen-bond acceptors (Lipinski definition) is 10. The first-order valence-electron chi connectivity index (χ1n) is 12.3. The Labute approximate surface area is 233 Å². The molecule has 0 amide bonds. The molecule has 3 aromatic rings. The number of nitrogens with zero attached hydrogens (tertiary/aromatic N) is 2. The van der Waals surface area contributed by atoms with Gasteiger partial charge in [0.1, 0.15) is 23.7 Å². The lowest BCUT2D eigenvalue weighted by Crippen LogP contribution is -2.42. The predicted molar refractivity (Wildman–Crippen MR) is 146 cm³/mol. The zero-order valence-electron chi connectivity index (χ0n) is 21.8. The molecule has 2 heterocycles. The fourth-order valence-corrected chi connectivity index (χ4v) is 6.42. The molecule has 216 valence electrons. The molecule has 0 bridgehead atoms. The SMILES string of the molecule is CC(C)OC(=O)C(C)NP(=S)(OCC1OC(n2ccc(N)nc2=O)C(F)(F)C1O)Oc1cccc2ccccc12. The smallest absolute Gasteiger partial charge is 0.351 e. The number of nitrogen functional groups attached to an aromatic ring is 1. The van der Waals surface area contributed by atoms with Crippen LogP contribution in [-0.2, 0) is 30.6 Å². The van der Waals surface area contributed by atoms with Gasteiger partial charge in [-0.15, -0.1) is 0 Å². The van der Waals surface area contributed by atoms with E-state index in [1.165, 1.54) is 6.92 Å². The first-order valence-corrected chi connectivity index (χ1v) is 14.9. The van der Waals surface area contributed by atoms with Crippen LogP contribution in [0.4, 0.5) is 14.6 Å². The number of carbonyl (C=O) groups excluding carboxylic acids is 1. The quantitative estimate of drug-likeness (QED) is 0.234. The fraction of sp³-hybridized carbons (Fsp3) is 0.400. The fourth-order valence-electron chi connectivity index (χ4n) is 4.00. The van der Waals surface area contributed by atoms with Gasteiger partial charge in [0.2, 0.25) is 6.23 Å². The van der Waals surface area contributed by atoms with Crippen molar-refractivity contribution in [1.29, 1.82) is 0 Å². The predicted octanol–water partition coefficient (Wildman–Crippen LogP) is 3.12. The second kappa shape index (κ2) is 11.9. The number of benzene rings is 2. The van der Waals surface area contributed by atoms with Crippen molar-refractivity contribution in [1.82, 2.24) is 14.6 Å². The molecule has 0 spiro atoms. The van der Waals surface area contributed by atoms with Gasteiger partial charge in [0.05, 0.1) is 12.7 Å². The molecule has 0 radical (unpaired) electrons. The topological polar surface area (TPSA) is 147 Å². The molecule has 0 aliphatic carbocycles. The van der Waals surface area contributed by atoms with Gasteiger partial charge in [-0.1, -0.05) is 36.4 Å². The minimum absolute atomic E-state index is 0.162. The van der Waals surface area contributed by atoms with Crippen molar-refractivity contribution in [2.24, 2.45) is 0 Å². The molecule has 4 N–H and O–H groups in total. The maximum Gasteiger partial charge on any atom is 0.351 e. The number of anilines is 1. The second-order valence-electron chi connectivity index (χ2n) is 9.39. The normalized spacial score (nSPS) is 22.6. The third kappa shape index (κ3) is 6.48. The van der Waals surface area contributed by atoms with E-state index in [2.05, 4.69) is 10.1 Å². The van der Waals surface area contributed by atoms with Gasteiger partial charge in [-0.2, -0.15) is 13.8 Å². The van der Waals surface area contributed by atoms with E-state index in [0.29, 0.717) is 15.7 Å². The van der Waals surface area contributed by atoms with E-state index in [4.69, 9.17) is 36.1 Å². The zero-order chi connectivity index (χ0) is 29.2. The van der Waals surface area contributed by atoms with Gasteiger partial charge in [-0.25, -0.2) is 9.88 Å². The third-order valence-corrected chi connectivity index (χ3v) is 8.40. The third-order valence-electron chi connectivity index (χ3n) is 5.92. The van der Waals surface area contributed by atoms with Crippen molar-refractivity contribution < 1.29 is 37.2 Å². The van der Waals surface area contributed by atoms with Crippen LogP contribution in [0.2, 0.25) is 0 Å². The Morgan fingerprint density at radius 3 is 2.65 bits per heavy atom. The van der Waals surface area contributed by atoms with E-state index >= 15 is 8.78 Å². The molecule has 15 heteroatoms. The van der Waals surface area contributed by atoms with Crippen LogP contribution in [0.3, 0.4) is 0 Å². The largest absolute Gasteiger partial charge is 0.462 e. The van der Waals surface area contributed by atoms with Crippen LogP contribution in [0.5, 0.6) is 5.75 Å². The van der Waals surface area contributed by atoms with Crippen molar-refractivity contribution in [3.8, 4) is 5.75 Å². The number of rotatable bonds is 10. The Morgan fingerprint density at radius 2 is 1.95 bits per heavy atom. The summed E-state index contributed by atoms with van der Waals surface area (Å²) in [5.41, 5.74) is 4.36. The van der Waals surface area contributed by atoms with Gasteiger partial charge in [0.25, 0.3) is 0 Å². The Bertz CT molecular complexity index is 1490. The van der Waals surface area contributed by atoms with Crippen LogP contribution in [0, 0.1) is 0 Å². The molecule has 40 heavy (non-hydrogen) atoms. The summed E-state index contributed by atoms with van der Waals surface area (Å²) in [5.74, 6) is -4.36. The molecule has 1 aliphatic rings. The molecule has 0 saturated carbocycles. The first-order chi connectivity index (χ1) is 18.8. The Morgan fingerprint density at radius 1 is 1.25 bits per heavy atom. The van der Waals surface area contributed by atoms with Crippen molar-refractivity contribution in [3.63, 3.8) is 0 Å². The van der Waals surface area contributed by atoms with Crippen molar-refractivity contribution in [2.75, 3.05) is 12.3 Å². The number of aromatic nitrogens is 2. The molecule has 1 fully saturated rings. The van der Waals surface area contributed by atoms with E-state index in [0.717, 1.165) is 17.6 Å². The summed E-state index contributed by atoms with van der Waals surface area (Å²) in [6.07, 6.45) is -5.58. The van der Waals surface area contributed by atoms with Gasteiger partial charge in [-0.05, 0) is 50.1 Å². The number of esters is 1. The number of aliphatic hydroxyl groups excluding tert-OH is 1. The van der Waals surface area contributed by atoms with Gasteiger partial charge in [0.15, 0.2) is 6.10 Å². The lowest BCUT2D eigenvalue weighted by atomic mass is 10.1. The monoisotopic (exact) mass is 598 g/mol. The highest BCUT2D eigenvalue weighted by atomic mass is 32.5. The second-order valence-corrected chi connectivity index (χ2v) is 12.5. The van der Waals surface area contributed by atoms with E-state index in [9.17, 15) is 14.7 Å². The van der Waals surface area contributed by atoms with Crippen LogP contribution < -0.4 is 21.0 Å². The average Bonchev–Trinajstić information content (AvgIpc) is 3.11. The highest BCUT2D eigenvalue weighted by Crippen LogP contribution is 2.49. The standard InChI is InChI=1S/C25H29F2N4O7PS/c1-14(2)36-22(33)15(3)30-39(40,38-18-10-6-8-16-7-4-5-9-17(16)18)35-13-19-21(32)25(26,27)23(37-19)31-12-11-20(28)29-24(31)34/h4-12,14-15,19,21,23,32H,13H2,1-3H3,(H,30,40)(H2,28,29,34). The molecular formula is C25H29F2N4O7PS. The Hall–Kier alpha value is -3.00. The van der Waals surface area contributed by atoms with Crippen molar-refractivity contribution >= 4 is 41.0 Å². The number of nitrogens with two attached hydrogens (primary N) is 1. The molecule has 2 aromatic carbocycles. The molecular weight excluding hydrogens is 569 g/mol. The summed E-state index contributed by atoms with van der Waals surface area (Å²) in [5, 5.41) is 14.8. The number of carbonyl (C=O) groups is 1. The number of alkyl halides is 2. The Kier molecular flexibility index (Phi) is 8.88. The number of ether oxygens (including phenoxy) is 2. The number of hydrogen-bond donors (Lipinski definition) is 3. The average molecular weight is 599 g/mol. The minimum Gasteiger partial charge on any atom is -0.462 e. The molecule has 4 rings (SSSR count). The van der Waals surface area contributed by atoms with Crippen molar-refractivity contribution in [3.05, 3.63) is 65.2 Å². The minimum atomic E-state index is -3.89. The number of nitrogens with one attached hydrogen (secondary N) is 1. The van der Waals surface area contributed by atoms with Gasteiger partial charge in [-0.3, -0.25) is 9.36 Å². The van der Waals surface area contributed by atoms with Crippen LogP contribution in [0.15, 0.2) is 59.5 Å². The maximum absolute atomic E-state index is 15.0. The summed E-state index contributed by atoms with van der Waals surface area (Å²) < 4.78 is 53.1. The lowest BCUT2D eigenvalue weighted by molar-refractivity contribution is -0.149. The van der Waals surface area contributed by atoms with E-state index in [1.54, 1.807) is 38.1 Å². The molecule has 5 unspecified atom stereocenters. The van der Waals surface area contributed by atoms with Crippen LogP contribution in [-0.4, -0.2) is 57.5 Å². The van der Waals surface area contributed by atoms with Gasteiger partial charge >= 0.3 is 24.2 Å². The summed E-state index contributed by atoms with van der Waals surface area (Å²) in [4.78, 5) is 28.1. The van der Waals surface area contributed by atoms with Crippen LogP contribution >= 0.6 is 6.64 Å². The molecule has 5 atom stereocenters. The zero-order valence-corrected chi connectivity index (χ0v) is 23.5. The van der Waals surface area contributed by atoms with E-state index in [-0.39, 0.29) is 5.82 Å². The number of fused-ring (bicyclic) bond motifs is 1. The highest BCUT2D eigenvalue weighted by molar-refractivity contribution is 8.09. The molecule has 1 aromatic heterocycles. The van der Waals surface area contributed by atoms with Gasteiger partial charge < -0.3 is 29.4 Å². The summed E-state index contributed by atoms with van der Waals surface area (Å²) in [7, 11) is 0. The lowest BCUT2D eigenvalue weighted by Gasteiger charge is -2.28. The molecule has 1 aliphatic heterocycles. The highest BCUT2D eigenvalue weighted by Gasteiger charge is 2.60.